The molecule has 1 aliphatic carbocycles. The molecular weight excluding hydrogens is 314 g/mol. The van der Waals surface area contributed by atoms with E-state index in [4.69, 9.17) is 0 Å². The van der Waals surface area contributed by atoms with Crippen molar-refractivity contribution in [2.75, 3.05) is 6.54 Å². The predicted octanol–water partition coefficient (Wildman–Crippen LogP) is 3.35. The van der Waals surface area contributed by atoms with Crippen molar-refractivity contribution in [1.29, 1.82) is 0 Å². The summed E-state index contributed by atoms with van der Waals surface area (Å²) in [7, 11) is 0. The van der Waals surface area contributed by atoms with E-state index in [9.17, 15) is 9.59 Å². The van der Waals surface area contributed by atoms with Crippen molar-refractivity contribution in [2.24, 2.45) is 5.92 Å². The molecular formula is C20H29N3O2. The van der Waals surface area contributed by atoms with Gasteiger partial charge < -0.3 is 10.2 Å². The highest BCUT2D eigenvalue weighted by atomic mass is 16.2. The first-order chi connectivity index (χ1) is 12.1. The van der Waals surface area contributed by atoms with Gasteiger partial charge in [0.1, 0.15) is 0 Å². The molecule has 1 unspecified atom stereocenters. The molecule has 0 aromatic carbocycles. The molecule has 2 heterocycles. The third-order valence-electron chi connectivity index (χ3n) is 5.50. The number of likely N-dealkylation sites (tertiary alicyclic amines) is 1. The topological polar surface area (TPSA) is 62.3 Å². The van der Waals surface area contributed by atoms with E-state index < -0.39 is 0 Å². The Labute approximate surface area is 150 Å². The van der Waals surface area contributed by atoms with Crippen molar-refractivity contribution >= 4 is 11.8 Å². The third kappa shape index (κ3) is 4.80. The standard InChI is InChI=1S/C20H29N3O2/c1-15(24)21-14-17-8-4-9-18(22-17)19-10-5-13-23(19)20(25)12-11-16-6-2-3-7-16/h4,8-9,16,19H,2-3,5-7,10-14H2,1H3,(H,21,24). The van der Waals surface area contributed by atoms with Gasteiger partial charge in [-0.05, 0) is 37.3 Å². The molecule has 2 aliphatic rings. The van der Waals surface area contributed by atoms with Crippen molar-refractivity contribution in [3.05, 3.63) is 29.6 Å². The van der Waals surface area contributed by atoms with Crippen LogP contribution in [0.2, 0.25) is 0 Å². The molecule has 1 aliphatic heterocycles. The van der Waals surface area contributed by atoms with E-state index in [1.165, 1.54) is 32.6 Å². The molecule has 5 nitrogen and oxygen atoms in total. The molecule has 1 atom stereocenters. The fraction of sp³-hybridized carbons (Fsp3) is 0.650. The van der Waals surface area contributed by atoms with Crippen LogP contribution in [0.3, 0.4) is 0 Å². The maximum absolute atomic E-state index is 12.7. The quantitative estimate of drug-likeness (QED) is 0.861. The number of hydrogen-bond donors (Lipinski definition) is 1. The lowest BCUT2D eigenvalue weighted by molar-refractivity contribution is -0.132. The van der Waals surface area contributed by atoms with E-state index in [-0.39, 0.29) is 17.9 Å². The molecule has 0 radical (unpaired) electrons. The van der Waals surface area contributed by atoms with Crippen molar-refractivity contribution in [3.63, 3.8) is 0 Å². The van der Waals surface area contributed by atoms with Crippen LogP contribution in [0.15, 0.2) is 18.2 Å². The van der Waals surface area contributed by atoms with Gasteiger partial charge in [0.25, 0.3) is 0 Å². The third-order valence-corrected chi connectivity index (χ3v) is 5.50. The summed E-state index contributed by atoms with van der Waals surface area (Å²) in [5, 5.41) is 2.78. The van der Waals surface area contributed by atoms with Crippen LogP contribution in [0.4, 0.5) is 0 Å². The first kappa shape index (κ1) is 17.9. The average Bonchev–Trinajstić information content (AvgIpc) is 3.29. The van der Waals surface area contributed by atoms with Gasteiger partial charge in [0.05, 0.1) is 24.0 Å². The van der Waals surface area contributed by atoms with Crippen LogP contribution >= 0.6 is 0 Å². The lowest BCUT2D eigenvalue weighted by Crippen LogP contribution is -2.31. The van der Waals surface area contributed by atoms with E-state index >= 15 is 0 Å². The van der Waals surface area contributed by atoms with Gasteiger partial charge in [0.2, 0.25) is 11.8 Å². The number of carbonyl (C=O) groups is 2. The van der Waals surface area contributed by atoms with Gasteiger partial charge in [0.15, 0.2) is 0 Å². The van der Waals surface area contributed by atoms with Crippen LogP contribution in [0.5, 0.6) is 0 Å². The number of nitrogens with one attached hydrogen (secondary N) is 1. The van der Waals surface area contributed by atoms with Crippen LogP contribution in [0.25, 0.3) is 0 Å². The fourth-order valence-corrected chi connectivity index (χ4v) is 4.14. The normalized spacial score (nSPS) is 20.8. The van der Waals surface area contributed by atoms with Gasteiger partial charge >= 0.3 is 0 Å². The minimum atomic E-state index is -0.0585. The van der Waals surface area contributed by atoms with Crippen molar-refractivity contribution in [2.45, 2.75) is 70.9 Å². The highest BCUT2D eigenvalue weighted by Crippen LogP contribution is 2.33. The molecule has 0 spiro atoms. The monoisotopic (exact) mass is 343 g/mol. The van der Waals surface area contributed by atoms with E-state index in [0.717, 1.165) is 43.1 Å². The summed E-state index contributed by atoms with van der Waals surface area (Å²) in [6.45, 7) is 2.78. The largest absolute Gasteiger partial charge is 0.351 e. The van der Waals surface area contributed by atoms with Crippen molar-refractivity contribution < 1.29 is 9.59 Å². The van der Waals surface area contributed by atoms with Crippen LogP contribution in [0, 0.1) is 5.92 Å². The zero-order chi connectivity index (χ0) is 17.6. The summed E-state index contributed by atoms with van der Waals surface area (Å²) in [6, 6.07) is 5.98. The molecule has 0 bridgehead atoms. The van der Waals surface area contributed by atoms with Crippen LogP contribution in [-0.2, 0) is 16.1 Å². The van der Waals surface area contributed by atoms with Gasteiger partial charge in [0, 0.05) is 19.9 Å². The summed E-state index contributed by atoms with van der Waals surface area (Å²) in [5.41, 5.74) is 1.80. The second-order valence-corrected chi connectivity index (χ2v) is 7.40. The van der Waals surface area contributed by atoms with Gasteiger partial charge in [-0.1, -0.05) is 31.7 Å². The van der Waals surface area contributed by atoms with Crippen molar-refractivity contribution in [1.82, 2.24) is 15.2 Å². The van der Waals surface area contributed by atoms with Crippen LogP contribution in [-0.4, -0.2) is 28.2 Å². The Bertz CT molecular complexity index is 611. The van der Waals surface area contributed by atoms with Crippen LogP contribution in [0.1, 0.15) is 75.7 Å². The Kier molecular flexibility index (Phi) is 6.05. The Balaban J connectivity index is 1.61. The SMILES string of the molecule is CC(=O)NCc1cccc(C2CCCN2C(=O)CCC2CCCC2)n1. The van der Waals surface area contributed by atoms with Gasteiger partial charge in [-0.25, -0.2) is 0 Å². The number of aromatic nitrogens is 1. The second kappa shape index (κ2) is 8.45. The maximum atomic E-state index is 12.7. The number of hydrogen-bond acceptors (Lipinski definition) is 3. The molecule has 1 aromatic heterocycles. The number of rotatable bonds is 6. The van der Waals surface area contributed by atoms with E-state index in [2.05, 4.69) is 10.3 Å². The second-order valence-electron chi connectivity index (χ2n) is 7.40. The van der Waals surface area contributed by atoms with Gasteiger partial charge in [-0.3, -0.25) is 14.6 Å². The van der Waals surface area contributed by atoms with Crippen LogP contribution < -0.4 is 5.32 Å². The molecule has 25 heavy (non-hydrogen) atoms. The Morgan fingerprint density at radius 1 is 1.20 bits per heavy atom. The highest BCUT2D eigenvalue weighted by Gasteiger charge is 2.31. The minimum Gasteiger partial charge on any atom is -0.351 e. The molecule has 136 valence electrons. The van der Waals surface area contributed by atoms with E-state index in [0.29, 0.717) is 13.0 Å². The number of pyridine rings is 1. The van der Waals surface area contributed by atoms with Gasteiger partial charge in [-0.15, -0.1) is 0 Å². The summed E-state index contributed by atoms with van der Waals surface area (Å²) in [4.78, 5) is 30.5. The molecule has 3 rings (SSSR count). The number of carbonyl (C=O) groups excluding carboxylic acids is 2. The Morgan fingerprint density at radius 3 is 2.76 bits per heavy atom. The molecule has 2 fully saturated rings. The van der Waals surface area contributed by atoms with E-state index in [1.807, 2.05) is 23.1 Å². The highest BCUT2D eigenvalue weighted by molar-refractivity contribution is 5.77. The predicted molar refractivity (Wildman–Crippen MR) is 96.6 cm³/mol. The zero-order valence-electron chi connectivity index (χ0n) is 15.2. The lowest BCUT2D eigenvalue weighted by atomic mass is 10.0. The first-order valence-corrected chi connectivity index (χ1v) is 9.63. The summed E-state index contributed by atoms with van der Waals surface area (Å²) in [5.74, 6) is 0.976. The van der Waals surface area contributed by atoms with Gasteiger partial charge in [-0.2, -0.15) is 0 Å². The summed E-state index contributed by atoms with van der Waals surface area (Å²) < 4.78 is 0. The summed E-state index contributed by atoms with van der Waals surface area (Å²) in [6.07, 6.45) is 8.98. The lowest BCUT2D eigenvalue weighted by Gasteiger charge is -2.25. The van der Waals surface area contributed by atoms with Crippen molar-refractivity contribution in [3.8, 4) is 0 Å². The smallest absolute Gasteiger partial charge is 0.223 e. The molecule has 2 amide bonds. The number of amides is 2. The molecule has 1 aromatic rings. The fourth-order valence-electron chi connectivity index (χ4n) is 4.14. The molecule has 5 heteroatoms. The average molecular weight is 343 g/mol. The molecule has 1 saturated carbocycles. The Morgan fingerprint density at radius 2 is 2.00 bits per heavy atom. The molecule has 1 saturated heterocycles. The minimum absolute atomic E-state index is 0.0585. The maximum Gasteiger partial charge on any atom is 0.223 e. The Hall–Kier alpha value is -1.91. The zero-order valence-corrected chi connectivity index (χ0v) is 15.2. The molecule has 1 N–H and O–H groups in total. The number of nitrogens with zero attached hydrogens (tertiary/aromatic N) is 2. The summed E-state index contributed by atoms with van der Waals surface area (Å²) >= 11 is 0. The van der Waals surface area contributed by atoms with E-state index in [1.54, 1.807) is 0 Å². The first-order valence-electron chi connectivity index (χ1n) is 9.63.